The molecule has 0 spiro atoms. The largest absolute Gasteiger partial charge is 0.350 e. The smallest absolute Gasteiger partial charge is 0.245 e. The molecule has 174 valence electrons. The van der Waals surface area contributed by atoms with Gasteiger partial charge in [0.25, 0.3) is 0 Å². The van der Waals surface area contributed by atoms with Gasteiger partial charge in [0.2, 0.25) is 21.8 Å². The number of nitrogens with one attached hydrogen (secondary N) is 2. The lowest BCUT2D eigenvalue weighted by atomic mass is 9.97. The summed E-state index contributed by atoms with van der Waals surface area (Å²) in [6.07, 6.45) is 4.07. The Morgan fingerprint density at radius 3 is 2.70 bits per heavy atom. The fourth-order valence-electron chi connectivity index (χ4n) is 3.73. The van der Waals surface area contributed by atoms with Crippen molar-refractivity contribution in [1.82, 2.24) is 28.7 Å². The maximum atomic E-state index is 13.1. The minimum atomic E-state index is -3.74. The van der Waals surface area contributed by atoms with Crippen molar-refractivity contribution < 1.29 is 18.0 Å². The van der Waals surface area contributed by atoms with Gasteiger partial charge in [0, 0.05) is 37.9 Å². The number of benzene rings is 1. The number of hydrogen-bond donors (Lipinski definition) is 2. The second-order valence-corrected chi connectivity index (χ2v) is 10.3. The average Bonchev–Trinajstić information content (AvgIpc) is 3.32. The van der Waals surface area contributed by atoms with E-state index in [1.165, 1.54) is 10.4 Å². The Balaban J connectivity index is 1.30. The Morgan fingerprint density at radius 2 is 1.97 bits per heavy atom. The van der Waals surface area contributed by atoms with Crippen LogP contribution in [0.2, 0.25) is 0 Å². The first-order chi connectivity index (χ1) is 15.9. The van der Waals surface area contributed by atoms with E-state index >= 15 is 0 Å². The summed E-state index contributed by atoms with van der Waals surface area (Å²) in [6, 6.07) is 7.84. The van der Waals surface area contributed by atoms with E-state index in [1.54, 1.807) is 37.5 Å². The number of aromatic nitrogens is 3. The van der Waals surface area contributed by atoms with Gasteiger partial charge < -0.3 is 10.6 Å². The third-order valence-electron chi connectivity index (χ3n) is 5.63. The summed E-state index contributed by atoms with van der Waals surface area (Å²) in [6.45, 7) is 2.38. The third kappa shape index (κ3) is 5.18. The number of pyridine rings is 1. The summed E-state index contributed by atoms with van der Waals surface area (Å²) in [5.41, 5.74) is 1.78. The minimum Gasteiger partial charge on any atom is -0.350 e. The van der Waals surface area contributed by atoms with Crippen LogP contribution in [0, 0.1) is 5.92 Å². The summed E-state index contributed by atoms with van der Waals surface area (Å²) in [5.74, 6) is -0.902. The highest BCUT2D eigenvalue weighted by atomic mass is 32.2. The molecule has 3 aromatic rings. The average molecular weight is 489 g/mol. The summed E-state index contributed by atoms with van der Waals surface area (Å²) in [5, 5.41) is 5.51. The lowest BCUT2D eigenvalue weighted by molar-refractivity contribution is -0.131. The third-order valence-corrected chi connectivity index (χ3v) is 8.11. The Bertz CT molecular complexity index is 1240. The van der Waals surface area contributed by atoms with Crippen LogP contribution in [-0.4, -0.2) is 57.4 Å². The van der Waals surface area contributed by atoms with Gasteiger partial charge in [0.15, 0.2) is 0 Å². The highest BCUT2D eigenvalue weighted by molar-refractivity contribution is 7.89. The molecule has 0 unspecified atom stereocenters. The second kappa shape index (κ2) is 9.89. The van der Waals surface area contributed by atoms with Crippen LogP contribution in [0.3, 0.4) is 0 Å². The summed E-state index contributed by atoms with van der Waals surface area (Å²) < 4.78 is 35.9. The zero-order valence-corrected chi connectivity index (χ0v) is 19.6. The maximum Gasteiger partial charge on any atom is 0.245 e. The van der Waals surface area contributed by atoms with Crippen molar-refractivity contribution in [3.63, 3.8) is 0 Å². The van der Waals surface area contributed by atoms with E-state index in [0.29, 0.717) is 30.4 Å². The number of fused-ring (bicyclic) bond motifs is 1. The van der Waals surface area contributed by atoms with Gasteiger partial charge >= 0.3 is 0 Å². The molecule has 2 amide bonds. The number of sulfonamides is 1. The van der Waals surface area contributed by atoms with E-state index in [2.05, 4.69) is 24.4 Å². The van der Waals surface area contributed by atoms with Crippen molar-refractivity contribution in [2.45, 2.75) is 37.2 Å². The molecule has 1 aliphatic rings. The second-order valence-electron chi connectivity index (χ2n) is 7.88. The standard InChI is InChI=1S/C21H24N6O4S2/c1-14(20(28)23-13-15-4-3-9-22-12-15)24-21(29)16-7-10-27(11-8-16)33(30,31)18-6-2-5-17-19(18)26-32-25-17/h2-6,9,12,14,16H,7-8,10-11,13H2,1H3,(H,23,28)(H,24,29)/t14-/m0/s1. The minimum absolute atomic E-state index is 0.135. The SMILES string of the molecule is C[C@H](NC(=O)C1CCN(S(=O)(=O)c2cccc3nsnc23)CC1)C(=O)NCc1cccnc1. The maximum absolute atomic E-state index is 13.1. The van der Waals surface area contributed by atoms with Crippen LogP contribution in [0.5, 0.6) is 0 Å². The molecule has 1 aliphatic heterocycles. The molecular weight excluding hydrogens is 464 g/mol. The molecule has 0 aliphatic carbocycles. The number of amides is 2. The molecule has 33 heavy (non-hydrogen) atoms. The van der Waals surface area contributed by atoms with E-state index in [-0.39, 0.29) is 35.7 Å². The fraction of sp³-hybridized carbons (Fsp3) is 0.381. The van der Waals surface area contributed by atoms with Gasteiger partial charge in [-0.25, -0.2) is 8.42 Å². The summed E-state index contributed by atoms with van der Waals surface area (Å²) >= 11 is 0.972. The van der Waals surface area contributed by atoms with Crippen molar-refractivity contribution in [1.29, 1.82) is 0 Å². The quantitative estimate of drug-likeness (QED) is 0.512. The summed E-state index contributed by atoms with van der Waals surface area (Å²) in [4.78, 5) is 29.1. The highest BCUT2D eigenvalue weighted by Crippen LogP contribution is 2.28. The zero-order chi connectivity index (χ0) is 23.4. The Kier molecular flexibility index (Phi) is 6.96. The number of nitrogens with zero attached hydrogens (tertiary/aromatic N) is 4. The van der Waals surface area contributed by atoms with Crippen molar-refractivity contribution in [3.8, 4) is 0 Å². The van der Waals surface area contributed by atoms with Gasteiger partial charge in [-0.3, -0.25) is 14.6 Å². The first kappa shape index (κ1) is 23.2. The van der Waals surface area contributed by atoms with Crippen molar-refractivity contribution >= 4 is 44.6 Å². The van der Waals surface area contributed by atoms with E-state index in [9.17, 15) is 18.0 Å². The van der Waals surface area contributed by atoms with Crippen LogP contribution in [0.15, 0.2) is 47.6 Å². The Labute approximate surface area is 195 Å². The number of carbonyl (C=O) groups is 2. The molecule has 10 nitrogen and oxygen atoms in total. The Hall–Kier alpha value is -2.96. The van der Waals surface area contributed by atoms with E-state index in [1.807, 2.05) is 6.07 Å². The van der Waals surface area contributed by atoms with Crippen molar-refractivity contribution in [2.24, 2.45) is 5.92 Å². The highest BCUT2D eigenvalue weighted by Gasteiger charge is 2.34. The topological polar surface area (TPSA) is 134 Å². The number of piperidine rings is 1. The lowest BCUT2D eigenvalue weighted by Crippen LogP contribution is -2.49. The lowest BCUT2D eigenvalue weighted by Gasteiger charge is -2.31. The number of carbonyl (C=O) groups excluding carboxylic acids is 2. The predicted molar refractivity (Wildman–Crippen MR) is 123 cm³/mol. The molecule has 1 saturated heterocycles. The van der Waals surface area contributed by atoms with E-state index in [0.717, 1.165) is 17.3 Å². The molecule has 12 heteroatoms. The molecule has 0 bridgehead atoms. The van der Waals surface area contributed by atoms with Crippen LogP contribution in [0.25, 0.3) is 11.0 Å². The molecule has 4 rings (SSSR count). The first-order valence-corrected chi connectivity index (χ1v) is 12.7. The molecular formula is C21H24N6O4S2. The van der Waals surface area contributed by atoms with Crippen LogP contribution in [-0.2, 0) is 26.2 Å². The molecule has 2 aromatic heterocycles. The van der Waals surface area contributed by atoms with Gasteiger partial charge in [0.1, 0.15) is 22.0 Å². The van der Waals surface area contributed by atoms with Crippen LogP contribution >= 0.6 is 11.7 Å². The number of rotatable bonds is 7. The van der Waals surface area contributed by atoms with Crippen LogP contribution < -0.4 is 10.6 Å². The fourth-order valence-corrected chi connectivity index (χ4v) is 5.95. The van der Waals surface area contributed by atoms with Crippen LogP contribution in [0.4, 0.5) is 0 Å². The van der Waals surface area contributed by atoms with Gasteiger partial charge in [-0.05, 0) is 43.5 Å². The molecule has 0 radical (unpaired) electrons. The summed E-state index contributed by atoms with van der Waals surface area (Å²) in [7, 11) is -3.74. The zero-order valence-electron chi connectivity index (χ0n) is 18.0. The van der Waals surface area contributed by atoms with Gasteiger partial charge in [-0.1, -0.05) is 12.1 Å². The predicted octanol–water partition coefficient (Wildman–Crippen LogP) is 1.31. The molecule has 1 atom stereocenters. The molecule has 1 aromatic carbocycles. The molecule has 3 heterocycles. The normalized spacial score (nSPS) is 16.4. The first-order valence-electron chi connectivity index (χ1n) is 10.5. The monoisotopic (exact) mass is 488 g/mol. The van der Waals surface area contributed by atoms with Crippen molar-refractivity contribution in [3.05, 3.63) is 48.3 Å². The Morgan fingerprint density at radius 1 is 1.18 bits per heavy atom. The van der Waals surface area contributed by atoms with E-state index in [4.69, 9.17) is 0 Å². The van der Waals surface area contributed by atoms with E-state index < -0.39 is 16.1 Å². The number of hydrogen-bond acceptors (Lipinski definition) is 8. The van der Waals surface area contributed by atoms with Crippen molar-refractivity contribution in [2.75, 3.05) is 13.1 Å². The molecule has 0 saturated carbocycles. The molecule has 2 N–H and O–H groups in total. The molecule has 1 fully saturated rings. The van der Waals surface area contributed by atoms with Gasteiger partial charge in [0.05, 0.1) is 11.7 Å². The van der Waals surface area contributed by atoms with Crippen LogP contribution in [0.1, 0.15) is 25.3 Å². The van der Waals surface area contributed by atoms with Gasteiger partial charge in [-0.15, -0.1) is 0 Å². The van der Waals surface area contributed by atoms with Gasteiger partial charge in [-0.2, -0.15) is 13.1 Å².